The van der Waals surface area contributed by atoms with Crippen LogP contribution in [0.15, 0.2) is 36.4 Å². The Labute approximate surface area is 205 Å². The van der Waals surface area contributed by atoms with Gasteiger partial charge in [0.15, 0.2) is 11.6 Å². The maximum atomic E-state index is 12.3. The second-order valence-corrected chi connectivity index (χ2v) is 11.1. The van der Waals surface area contributed by atoms with Gasteiger partial charge in [-0.2, -0.15) is 5.10 Å². The van der Waals surface area contributed by atoms with Crippen LogP contribution in [0.5, 0.6) is 0 Å². The van der Waals surface area contributed by atoms with Crippen molar-refractivity contribution in [3.05, 3.63) is 53.5 Å². The first-order valence-electron chi connectivity index (χ1n) is 11.8. The fourth-order valence-electron chi connectivity index (χ4n) is 3.90. The van der Waals surface area contributed by atoms with Gasteiger partial charge in [-0.05, 0) is 50.6 Å². The summed E-state index contributed by atoms with van der Waals surface area (Å²) in [6, 6.07) is 11.2. The van der Waals surface area contributed by atoms with Gasteiger partial charge in [-0.3, -0.25) is 9.82 Å². The van der Waals surface area contributed by atoms with Crippen LogP contribution < -0.4 is 14.9 Å². The van der Waals surface area contributed by atoms with Crippen molar-refractivity contribution in [3.63, 3.8) is 0 Å². The number of hydrogen-bond donors (Lipinski definition) is 3. The van der Waals surface area contributed by atoms with Crippen LogP contribution >= 0.6 is 0 Å². The summed E-state index contributed by atoms with van der Waals surface area (Å²) in [6.07, 6.45) is 5.18. The molecule has 1 saturated heterocycles. The summed E-state index contributed by atoms with van der Waals surface area (Å²) in [6.45, 7) is 5.67. The number of nitrogens with zero attached hydrogens (tertiary/aromatic N) is 5. The SMILES string of the molecule is Cc1cc(Nc2cc(N3CCN(C)CC3)nc(/C=C/c3cccc(NS(=O)(=O)C4CC4)c3)n2)n[nH]1. The zero-order valence-corrected chi connectivity index (χ0v) is 20.7. The molecule has 1 aliphatic carbocycles. The van der Waals surface area contributed by atoms with Gasteiger partial charge in [0, 0.05) is 49.7 Å². The van der Waals surface area contributed by atoms with Gasteiger partial charge in [0.25, 0.3) is 0 Å². The molecular formula is C24H30N8O2S. The molecule has 10 nitrogen and oxygen atoms in total. The highest BCUT2D eigenvalue weighted by atomic mass is 32.2. The van der Waals surface area contributed by atoms with Crippen molar-refractivity contribution in [1.82, 2.24) is 25.1 Å². The number of aromatic nitrogens is 4. The summed E-state index contributed by atoms with van der Waals surface area (Å²) >= 11 is 0. The van der Waals surface area contributed by atoms with E-state index in [0.717, 1.165) is 56.1 Å². The summed E-state index contributed by atoms with van der Waals surface area (Å²) in [5, 5.41) is 10.2. The number of anilines is 4. The Kier molecular flexibility index (Phi) is 6.44. The zero-order chi connectivity index (χ0) is 24.4. The number of rotatable bonds is 8. The molecule has 0 amide bonds. The van der Waals surface area contributed by atoms with E-state index < -0.39 is 10.0 Å². The Bertz CT molecular complexity index is 1320. The molecule has 0 atom stereocenters. The predicted molar refractivity (Wildman–Crippen MR) is 139 cm³/mol. The smallest absolute Gasteiger partial charge is 0.235 e. The van der Waals surface area contributed by atoms with Gasteiger partial charge >= 0.3 is 0 Å². The number of hydrogen-bond acceptors (Lipinski definition) is 8. The third-order valence-corrected chi connectivity index (χ3v) is 7.92. The van der Waals surface area contributed by atoms with Crippen LogP contribution in [-0.2, 0) is 10.0 Å². The molecular weight excluding hydrogens is 464 g/mol. The van der Waals surface area contributed by atoms with Crippen LogP contribution in [0, 0.1) is 6.92 Å². The number of nitrogens with one attached hydrogen (secondary N) is 3. The van der Waals surface area contributed by atoms with Gasteiger partial charge in [-0.1, -0.05) is 18.2 Å². The first-order valence-corrected chi connectivity index (χ1v) is 13.3. The molecule has 1 aromatic carbocycles. The first kappa shape index (κ1) is 23.3. The molecule has 0 spiro atoms. The Morgan fingerprint density at radius 2 is 1.83 bits per heavy atom. The summed E-state index contributed by atoms with van der Waals surface area (Å²) < 4.78 is 27.2. The van der Waals surface area contributed by atoms with Gasteiger partial charge in [0.05, 0.1) is 5.25 Å². The van der Waals surface area contributed by atoms with Crippen molar-refractivity contribution >= 4 is 45.3 Å². The van der Waals surface area contributed by atoms with Gasteiger partial charge in [0.1, 0.15) is 11.6 Å². The van der Waals surface area contributed by atoms with Crippen LogP contribution in [0.1, 0.15) is 29.9 Å². The molecule has 184 valence electrons. The van der Waals surface area contributed by atoms with E-state index in [1.54, 1.807) is 6.07 Å². The molecule has 1 aliphatic heterocycles. The molecule has 0 radical (unpaired) electrons. The fraction of sp³-hybridized carbons (Fsp3) is 0.375. The van der Waals surface area contributed by atoms with E-state index in [9.17, 15) is 8.42 Å². The van der Waals surface area contributed by atoms with E-state index in [1.165, 1.54) is 0 Å². The van der Waals surface area contributed by atoms with Crippen LogP contribution in [-0.4, -0.2) is 72.0 Å². The lowest BCUT2D eigenvalue weighted by atomic mass is 10.2. The highest BCUT2D eigenvalue weighted by molar-refractivity contribution is 7.93. The summed E-state index contributed by atoms with van der Waals surface area (Å²) in [5.41, 5.74) is 2.37. The van der Waals surface area contributed by atoms with E-state index >= 15 is 0 Å². The van der Waals surface area contributed by atoms with E-state index in [-0.39, 0.29) is 5.25 Å². The van der Waals surface area contributed by atoms with Gasteiger partial charge in [-0.15, -0.1) is 0 Å². The van der Waals surface area contributed by atoms with Crippen molar-refractivity contribution in [1.29, 1.82) is 0 Å². The molecule has 11 heteroatoms. The molecule has 0 bridgehead atoms. The molecule has 3 heterocycles. The molecule has 35 heavy (non-hydrogen) atoms. The zero-order valence-electron chi connectivity index (χ0n) is 19.9. The minimum absolute atomic E-state index is 0.267. The number of piperazine rings is 1. The Balaban J connectivity index is 1.39. The predicted octanol–water partition coefficient (Wildman–Crippen LogP) is 3.08. The van der Waals surface area contributed by atoms with Crippen molar-refractivity contribution in [2.45, 2.75) is 25.0 Å². The third kappa shape index (κ3) is 5.98. The second kappa shape index (κ2) is 9.67. The molecule has 0 unspecified atom stereocenters. The van der Waals surface area contributed by atoms with E-state index in [4.69, 9.17) is 4.98 Å². The normalized spacial score (nSPS) is 17.1. The van der Waals surface area contributed by atoms with E-state index in [0.29, 0.717) is 23.1 Å². The maximum Gasteiger partial charge on any atom is 0.235 e. The Morgan fingerprint density at radius 1 is 1.03 bits per heavy atom. The summed E-state index contributed by atoms with van der Waals surface area (Å²) in [7, 11) is -1.18. The van der Waals surface area contributed by atoms with Crippen LogP contribution in [0.25, 0.3) is 12.2 Å². The van der Waals surface area contributed by atoms with Gasteiger partial charge < -0.3 is 15.1 Å². The minimum Gasteiger partial charge on any atom is -0.354 e. The highest BCUT2D eigenvalue weighted by Crippen LogP contribution is 2.30. The number of likely N-dealkylation sites (N-methyl/N-ethyl adjacent to an activating group) is 1. The van der Waals surface area contributed by atoms with Crippen molar-refractivity contribution < 1.29 is 8.42 Å². The number of sulfonamides is 1. The van der Waals surface area contributed by atoms with Crippen LogP contribution in [0.2, 0.25) is 0 Å². The molecule has 2 fully saturated rings. The van der Waals surface area contributed by atoms with Crippen molar-refractivity contribution in [2.75, 3.05) is 48.2 Å². The monoisotopic (exact) mass is 494 g/mol. The van der Waals surface area contributed by atoms with E-state index in [2.05, 4.69) is 42.1 Å². The summed E-state index contributed by atoms with van der Waals surface area (Å²) in [5.74, 6) is 2.76. The lowest BCUT2D eigenvalue weighted by molar-refractivity contribution is 0.312. The molecule has 1 saturated carbocycles. The third-order valence-electron chi connectivity index (χ3n) is 6.05. The van der Waals surface area contributed by atoms with E-state index in [1.807, 2.05) is 49.4 Å². The lowest BCUT2D eigenvalue weighted by Gasteiger charge is -2.33. The number of benzene rings is 1. The van der Waals surface area contributed by atoms with Gasteiger partial charge in [0.2, 0.25) is 10.0 Å². The van der Waals surface area contributed by atoms with Crippen molar-refractivity contribution in [3.8, 4) is 0 Å². The summed E-state index contributed by atoms with van der Waals surface area (Å²) in [4.78, 5) is 14.0. The second-order valence-electron chi connectivity index (χ2n) is 9.13. The minimum atomic E-state index is -3.30. The average molecular weight is 495 g/mol. The largest absolute Gasteiger partial charge is 0.354 e. The Hall–Kier alpha value is -3.44. The lowest BCUT2D eigenvalue weighted by Crippen LogP contribution is -2.44. The maximum absolute atomic E-state index is 12.3. The van der Waals surface area contributed by atoms with Crippen LogP contribution in [0.3, 0.4) is 0 Å². The molecule has 5 rings (SSSR count). The number of aryl methyl sites for hydroxylation is 1. The molecule has 2 aromatic heterocycles. The molecule has 3 N–H and O–H groups in total. The first-order chi connectivity index (χ1) is 16.8. The fourth-order valence-corrected chi connectivity index (χ4v) is 5.28. The number of aromatic amines is 1. The Morgan fingerprint density at radius 3 is 2.54 bits per heavy atom. The quantitative estimate of drug-likeness (QED) is 0.437. The van der Waals surface area contributed by atoms with Gasteiger partial charge in [-0.25, -0.2) is 18.4 Å². The topological polar surface area (TPSA) is 119 Å². The molecule has 3 aromatic rings. The van der Waals surface area contributed by atoms with Crippen molar-refractivity contribution in [2.24, 2.45) is 0 Å². The number of H-pyrrole nitrogens is 1. The van der Waals surface area contributed by atoms with Crippen LogP contribution in [0.4, 0.5) is 23.1 Å². The standard InChI is InChI=1S/C24H30N8O2S/c1-17-14-23(29-28-17)26-22-16-24(32-12-10-31(2)11-13-32)27-21(25-22)9-6-18-4-3-5-19(15-18)30-35(33,34)20-7-8-20/h3-6,9,14-16,20,30H,7-8,10-13H2,1-2H3,(H2,25,26,27,28,29)/b9-6+. The highest BCUT2D eigenvalue weighted by Gasteiger charge is 2.35. The average Bonchev–Trinajstić information content (AvgIpc) is 3.62. The molecule has 2 aliphatic rings.